The molecule has 2 N–H and O–H groups in total. The molecule has 0 aromatic heterocycles. The molecule has 0 bridgehead atoms. The third-order valence-corrected chi connectivity index (χ3v) is 1.75. The lowest BCUT2D eigenvalue weighted by molar-refractivity contribution is -0.136. The molecule has 70 valence electrons. The largest absolute Gasteiger partial charge is 0.480 e. The molecule has 1 fully saturated rings. The molecule has 0 aromatic rings. The first-order valence-corrected chi connectivity index (χ1v) is 4.29. The fourth-order valence-corrected chi connectivity index (χ4v) is 0.874. The molecule has 0 saturated heterocycles. The summed E-state index contributed by atoms with van der Waals surface area (Å²) in [6.07, 6.45) is 2.59. The molecule has 0 aliphatic heterocycles. The van der Waals surface area contributed by atoms with Crippen molar-refractivity contribution in [2.24, 2.45) is 5.92 Å². The summed E-state index contributed by atoms with van der Waals surface area (Å²) in [5.41, 5.74) is 0. The van der Waals surface area contributed by atoms with Crippen LogP contribution in [0.1, 0.15) is 12.8 Å². The lowest BCUT2D eigenvalue weighted by Gasteiger charge is -2.02. The van der Waals surface area contributed by atoms with E-state index in [1.165, 1.54) is 12.8 Å². The summed E-state index contributed by atoms with van der Waals surface area (Å²) in [5.74, 6) is -0.0401. The smallest absolute Gasteiger partial charge is 0.317 e. The Balaban J connectivity index is 1.73. The maximum Gasteiger partial charge on any atom is 0.317 e. The highest BCUT2D eigenvalue weighted by molar-refractivity contribution is 5.68. The standard InChI is InChI=1S/C8H15NO3/c10-8(11)5-9-3-4-12-6-7-1-2-7/h7,9H,1-6H2,(H,10,11). The van der Waals surface area contributed by atoms with Gasteiger partial charge in [-0.3, -0.25) is 4.79 Å². The second-order valence-electron chi connectivity index (χ2n) is 3.09. The van der Waals surface area contributed by atoms with E-state index in [0.717, 1.165) is 12.5 Å². The van der Waals surface area contributed by atoms with Crippen LogP contribution in [0.3, 0.4) is 0 Å². The van der Waals surface area contributed by atoms with Crippen LogP contribution in [0.5, 0.6) is 0 Å². The maximum atomic E-state index is 10.0. The molecule has 1 saturated carbocycles. The molecular formula is C8H15NO3. The van der Waals surface area contributed by atoms with Crippen molar-refractivity contribution in [2.75, 3.05) is 26.3 Å². The maximum absolute atomic E-state index is 10.0. The van der Waals surface area contributed by atoms with Crippen molar-refractivity contribution in [1.29, 1.82) is 0 Å². The van der Waals surface area contributed by atoms with E-state index < -0.39 is 5.97 Å². The van der Waals surface area contributed by atoms with Crippen molar-refractivity contribution in [3.63, 3.8) is 0 Å². The second-order valence-corrected chi connectivity index (χ2v) is 3.09. The minimum absolute atomic E-state index is 0.0206. The van der Waals surface area contributed by atoms with Crippen molar-refractivity contribution < 1.29 is 14.6 Å². The molecule has 0 atom stereocenters. The summed E-state index contributed by atoms with van der Waals surface area (Å²) in [4.78, 5) is 10.0. The Kier molecular flexibility index (Phi) is 4.04. The monoisotopic (exact) mass is 173 g/mol. The first-order valence-electron chi connectivity index (χ1n) is 4.29. The molecule has 0 radical (unpaired) electrons. The minimum atomic E-state index is -0.822. The van der Waals surface area contributed by atoms with E-state index in [4.69, 9.17) is 9.84 Å². The number of hydrogen-bond acceptors (Lipinski definition) is 3. The minimum Gasteiger partial charge on any atom is -0.480 e. The zero-order chi connectivity index (χ0) is 8.81. The van der Waals surface area contributed by atoms with Crippen LogP contribution in [0.4, 0.5) is 0 Å². The van der Waals surface area contributed by atoms with E-state index in [9.17, 15) is 4.79 Å². The van der Waals surface area contributed by atoms with Gasteiger partial charge in [-0.2, -0.15) is 0 Å². The fourth-order valence-electron chi connectivity index (χ4n) is 0.874. The summed E-state index contributed by atoms with van der Waals surface area (Å²) < 4.78 is 5.28. The summed E-state index contributed by atoms with van der Waals surface area (Å²) >= 11 is 0. The highest BCUT2D eigenvalue weighted by Gasteiger charge is 2.20. The molecule has 4 nitrogen and oxygen atoms in total. The van der Waals surface area contributed by atoms with Crippen LogP contribution in [0.25, 0.3) is 0 Å². The predicted molar refractivity (Wildman–Crippen MR) is 44.0 cm³/mol. The molecule has 0 heterocycles. The molecular weight excluding hydrogens is 158 g/mol. The van der Waals surface area contributed by atoms with Gasteiger partial charge in [0.2, 0.25) is 0 Å². The third kappa shape index (κ3) is 5.09. The van der Waals surface area contributed by atoms with Crippen molar-refractivity contribution in [3.8, 4) is 0 Å². The van der Waals surface area contributed by atoms with E-state index in [0.29, 0.717) is 13.2 Å². The summed E-state index contributed by atoms with van der Waals surface area (Å²) in [6, 6.07) is 0. The average molecular weight is 173 g/mol. The fraction of sp³-hybridized carbons (Fsp3) is 0.875. The van der Waals surface area contributed by atoms with Gasteiger partial charge in [-0.05, 0) is 18.8 Å². The molecule has 1 rings (SSSR count). The summed E-state index contributed by atoms with van der Waals surface area (Å²) in [7, 11) is 0. The third-order valence-electron chi connectivity index (χ3n) is 1.75. The average Bonchev–Trinajstić information content (AvgIpc) is 2.79. The van der Waals surface area contributed by atoms with E-state index in [-0.39, 0.29) is 6.54 Å². The highest BCUT2D eigenvalue weighted by Crippen LogP contribution is 2.28. The van der Waals surface area contributed by atoms with Crippen LogP contribution in [0.15, 0.2) is 0 Å². The predicted octanol–water partition coefficient (Wildman–Crippen LogP) is 0.0872. The van der Waals surface area contributed by atoms with Crippen molar-refractivity contribution in [3.05, 3.63) is 0 Å². The first-order chi connectivity index (χ1) is 5.79. The van der Waals surface area contributed by atoms with Crippen molar-refractivity contribution in [1.82, 2.24) is 5.32 Å². The Bertz CT molecular complexity index is 145. The van der Waals surface area contributed by atoms with Gasteiger partial charge in [-0.1, -0.05) is 0 Å². The molecule has 12 heavy (non-hydrogen) atoms. The highest BCUT2D eigenvalue weighted by atomic mass is 16.5. The summed E-state index contributed by atoms with van der Waals surface area (Å²) in [6.45, 7) is 2.10. The Hall–Kier alpha value is -0.610. The van der Waals surface area contributed by atoms with Gasteiger partial charge in [0, 0.05) is 13.2 Å². The molecule has 4 heteroatoms. The Morgan fingerprint density at radius 1 is 1.58 bits per heavy atom. The van der Waals surface area contributed by atoms with Crippen LogP contribution in [-0.2, 0) is 9.53 Å². The zero-order valence-electron chi connectivity index (χ0n) is 7.08. The Morgan fingerprint density at radius 3 is 2.92 bits per heavy atom. The number of carboxylic acids is 1. The zero-order valence-corrected chi connectivity index (χ0v) is 7.08. The van der Waals surface area contributed by atoms with E-state index in [1.807, 2.05) is 0 Å². The Morgan fingerprint density at radius 2 is 2.33 bits per heavy atom. The van der Waals surface area contributed by atoms with Gasteiger partial charge in [0.25, 0.3) is 0 Å². The van der Waals surface area contributed by atoms with Crippen LogP contribution in [-0.4, -0.2) is 37.4 Å². The lowest BCUT2D eigenvalue weighted by Crippen LogP contribution is -2.26. The Labute approximate surface area is 71.9 Å². The van der Waals surface area contributed by atoms with Crippen LogP contribution in [0, 0.1) is 5.92 Å². The molecule has 0 aromatic carbocycles. The van der Waals surface area contributed by atoms with Gasteiger partial charge >= 0.3 is 5.97 Å². The number of hydrogen-bond donors (Lipinski definition) is 2. The van der Waals surface area contributed by atoms with Crippen molar-refractivity contribution >= 4 is 5.97 Å². The van der Waals surface area contributed by atoms with E-state index in [1.54, 1.807) is 0 Å². The van der Waals surface area contributed by atoms with Crippen LogP contribution in [0.2, 0.25) is 0 Å². The molecule has 1 aliphatic carbocycles. The van der Waals surface area contributed by atoms with Crippen molar-refractivity contribution in [2.45, 2.75) is 12.8 Å². The molecule has 0 amide bonds. The number of ether oxygens (including phenoxy) is 1. The lowest BCUT2D eigenvalue weighted by atomic mass is 10.5. The second kappa shape index (κ2) is 5.11. The molecule has 0 unspecified atom stereocenters. The van der Waals surface area contributed by atoms with Gasteiger partial charge < -0.3 is 15.2 Å². The number of aliphatic carboxylic acids is 1. The van der Waals surface area contributed by atoms with E-state index in [2.05, 4.69) is 5.32 Å². The van der Waals surface area contributed by atoms with Gasteiger partial charge in [-0.25, -0.2) is 0 Å². The van der Waals surface area contributed by atoms with Gasteiger partial charge in [0.1, 0.15) is 0 Å². The van der Waals surface area contributed by atoms with Gasteiger partial charge in [0.15, 0.2) is 0 Å². The first kappa shape index (κ1) is 9.48. The molecule has 1 aliphatic rings. The number of rotatable bonds is 7. The normalized spacial score (nSPS) is 16.3. The number of nitrogens with one attached hydrogen (secondary N) is 1. The van der Waals surface area contributed by atoms with Gasteiger partial charge in [0.05, 0.1) is 13.2 Å². The number of carbonyl (C=O) groups is 1. The quantitative estimate of drug-likeness (QED) is 0.535. The SMILES string of the molecule is O=C(O)CNCCOCC1CC1. The summed E-state index contributed by atoms with van der Waals surface area (Å²) in [5, 5.41) is 11.0. The van der Waals surface area contributed by atoms with Crippen LogP contribution < -0.4 is 5.32 Å². The number of carboxylic acid groups (broad SMARTS) is 1. The topological polar surface area (TPSA) is 58.6 Å². The van der Waals surface area contributed by atoms with E-state index >= 15 is 0 Å². The van der Waals surface area contributed by atoms with Crippen LogP contribution >= 0.6 is 0 Å². The van der Waals surface area contributed by atoms with Gasteiger partial charge in [-0.15, -0.1) is 0 Å². The molecule has 0 spiro atoms.